The van der Waals surface area contributed by atoms with Gasteiger partial charge in [0.1, 0.15) is 11.5 Å². The van der Waals surface area contributed by atoms with Crippen molar-refractivity contribution < 1.29 is 18.3 Å². The normalized spacial score (nSPS) is 20.7. The first-order valence-electron chi connectivity index (χ1n) is 9.02. The summed E-state index contributed by atoms with van der Waals surface area (Å²) in [5.74, 6) is 1.42. The lowest BCUT2D eigenvalue weighted by molar-refractivity contribution is 0.102. The van der Waals surface area contributed by atoms with E-state index >= 15 is 0 Å². The Kier molecular flexibility index (Phi) is 6.52. The van der Waals surface area contributed by atoms with Gasteiger partial charge in [-0.1, -0.05) is 24.6 Å². The number of hydrogen-bond donors (Lipinski definition) is 2. The minimum Gasteiger partial charge on any atom is -0.445 e. The molecule has 1 aromatic carbocycles. The maximum atomic E-state index is 14.7. The van der Waals surface area contributed by atoms with E-state index in [-0.39, 0.29) is 22.4 Å². The van der Waals surface area contributed by atoms with E-state index in [1.807, 2.05) is 6.92 Å². The third-order valence-electron chi connectivity index (χ3n) is 4.54. The number of carbonyl (C=O) groups excluding carboxylic acids is 1. The number of rotatable bonds is 6. The van der Waals surface area contributed by atoms with Crippen LogP contribution >= 0.6 is 11.8 Å². The van der Waals surface area contributed by atoms with Gasteiger partial charge in [-0.05, 0) is 24.6 Å². The maximum Gasteiger partial charge on any atom is 0.275 e. The molecular weight excluding hydrogens is 412 g/mol. The van der Waals surface area contributed by atoms with Crippen molar-refractivity contribution in [2.75, 3.05) is 12.2 Å². The highest BCUT2D eigenvalue weighted by Crippen LogP contribution is 2.41. The summed E-state index contributed by atoms with van der Waals surface area (Å²) >= 11 is 1.41. The number of halogens is 2. The number of nitrogens with two attached hydrogens (primary N) is 1. The number of carbonyl (C=O) groups is 1. The molecule has 2 atom stereocenters. The van der Waals surface area contributed by atoms with Crippen molar-refractivity contribution in [3.8, 4) is 18.2 Å². The number of amides is 1. The number of hydrogen-bond acceptors (Lipinski definition) is 7. The average Bonchev–Trinajstić information content (AvgIpc) is 2.75. The summed E-state index contributed by atoms with van der Waals surface area (Å²) in [6, 6.07) is 4.06. The first kappa shape index (κ1) is 21.5. The Bertz CT molecular complexity index is 1010. The summed E-state index contributed by atoms with van der Waals surface area (Å²) in [5.41, 5.74) is 5.12. The highest BCUT2D eigenvalue weighted by molar-refractivity contribution is 8.14. The average molecular weight is 431 g/mol. The van der Waals surface area contributed by atoms with Gasteiger partial charge in [0, 0.05) is 22.9 Å². The quantitative estimate of drug-likeness (QED) is 0.681. The number of benzene rings is 1. The van der Waals surface area contributed by atoms with Gasteiger partial charge in [0.05, 0.1) is 12.4 Å². The molecule has 3 N–H and O–H groups in total. The van der Waals surface area contributed by atoms with Crippen molar-refractivity contribution in [1.29, 1.82) is 0 Å². The van der Waals surface area contributed by atoms with Gasteiger partial charge in [-0.3, -0.25) is 4.79 Å². The molecule has 0 spiro atoms. The largest absolute Gasteiger partial charge is 0.445 e. The Balaban J connectivity index is 1.89. The number of ether oxygens (including phenoxy) is 1. The zero-order valence-corrected chi connectivity index (χ0v) is 16.9. The Morgan fingerprint density at radius 3 is 2.90 bits per heavy atom. The molecule has 0 saturated carbocycles. The number of alkyl halides is 1. The molecule has 0 aliphatic carbocycles. The molecule has 2 aromatic rings. The second-order valence-corrected chi connectivity index (χ2v) is 7.77. The van der Waals surface area contributed by atoms with Gasteiger partial charge in [0.15, 0.2) is 10.7 Å². The van der Waals surface area contributed by atoms with Crippen LogP contribution in [0.1, 0.15) is 35.8 Å². The summed E-state index contributed by atoms with van der Waals surface area (Å²) in [7, 11) is 0. The highest BCUT2D eigenvalue weighted by Gasteiger charge is 2.39. The van der Waals surface area contributed by atoms with Crippen molar-refractivity contribution in [3.63, 3.8) is 0 Å². The molecule has 1 aromatic heterocycles. The topological polar surface area (TPSA) is 102 Å². The molecule has 2 heterocycles. The van der Waals surface area contributed by atoms with E-state index in [0.717, 1.165) is 18.8 Å². The Labute approximate surface area is 176 Å². The fourth-order valence-corrected chi connectivity index (χ4v) is 4.09. The zero-order chi connectivity index (χ0) is 21.7. The van der Waals surface area contributed by atoms with Gasteiger partial charge in [0.25, 0.3) is 5.91 Å². The smallest absolute Gasteiger partial charge is 0.275 e. The third-order valence-corrected chi connectivity index (χ3v) is 5.70. The highest BCUT2D eigenvalue weighted by atomic mass is 32.2. The van der Waals surface area contributed by atoms with Crippen LogP contribution in [-0.2, 0) is 5.54 Å². The van der Waals surface area contributed by atoms with Crippen molar-refractivity contribution >= 4 is 28.5 Å². The Morgan fingerprint density at radius 1 is 1.47 bits per heavy atom. The molecule has 1 amide bonds. The predicted molar refractivity (Wildman–Crippen MR) is 111 cm³/mol. The minimum atomic E-state index is -1.26. The van der Waals surface area contributed by atoms with E-state index in [9.17, 15) is 13.6 Å². The number of aromatic nitrogens is 2. The molecule has 0 bridgehead atoms. The van der Waals surface area contributed by atoms with Crippen LogP contribution in [-0.4, -0.2) is 33.2 Å². The first-order valence-corrected chi connectivity index (χ1v) is 9.90. The number of anilines is 1. The standard InChI is InChI=1S/C20H19F2N5O2S/c1-3-13-8-20(4-2,27-19(23)30-13)14-7-12(5-6-15(14)22)26-18(28)16-9-25-17(10-24-16)29-11-21/h2,5-7,9-10,13H,3,8,11H2,1H3,(H2,23,27)(H,26,28)/t13-,20+/m1/s1. The molecule has 10 heteroatoms. The number of terminal acetylenes is 1. The van der Waals surface area contributed by atoms with Gasteiger partial charge in [-0.2, -0.15) is 0 Å². The molecule has 0 fully saturated rings. The van der Waals surface area contributed by atoms with E-state index in [0.29, 0.717) is 17.3 Å². The van der Waals surface area contributed by atoms with Crippen molar-refractivity contribution in [1.82, 2.24) is 9.97 Å². The number of nitrogens with zero attached hydrogens (tertiary/aromatic N) is 3. The van der Waals surface area contributed by atoms with E-state index in [1.165, 1.54) is 30.0 Å². The van der Waals surface area contributed by atoms with Crippen LogP contribution in [0.4, 0.5) is 14.5 Å². The van der Waals surface area contributed by atoms with Gasteiger partial charge in [-0.25, -0.2) is 23.7 Å². The summed E-state index contributed by atoms with van der Waals surface area (Å²) in [4.78, 5) is 24.5. The van der Waals surface area contributed by atoms with E-state index in [1.54, 1.807) is 0 Å². The number of amidine groups is 1. The van der Waals surface area contributed by atoms with Crippen LogP contribution in [0.5, 0.6) is 5.88 Å². The molecular formula is C20H19F2N5O2S. The lowest BCUT2D eigenvalue weighted by atomic mass is 9.85. The summed E-state index contributed by atoms with van der Waals surface area (Å²) in [6.45, 7) is 0.940. The van der Waals surface area contributed by atoms with Crippen molar-refractivity contribution in [2.24, 2.45) is 10.7 Å². The monoisotopic (exact) mass is 431 g/mol. The van der Waals surface area contributed by atoms with Gasteiger partial charge < -0.3 is 15.8 Å². The lowest BCUT2D eigenvalue weighted by Gasteiger charge is -2.33. The first-order chi connectivity index (χ1) is 14.4. The molecule has 0 saturated heterocycles. The zero-order valence-electron chi connectivity index (χ0n) is 16.1. The maximum absolute atomic E-state index is 14.7. The molecule has 7 nitrogen and oxygen atoms in total. The van der Waals surface area contributed by atoms with E-state index < -0.39 is 24.1 Å². The SMILES string of the molecule is C#C[C@@]1(c2cc(NC(=O)c3cnc(OCF)cn3)ccc2F)C[C@@H](CC)SC(N)=N1. The van der Waals surface area contributed by atoms with Crippen LogP contribution < -0.4 is 15.8 Å². The second-order valence-electron chi connectivity index (χ2n) is 6.45. The minimum absolute atomic E-state index is 0.0267. The predicted octanol–water partition coefficient (Wildman–Crippen LogP) is 3.23. The molecule has 156 valence electrons. The van der Waals surface area contributed by atoms with Gasteiger partial charge >= 0.3 is 0 Å². The van der Waals surface area contributed by atoms with Crippen molar-refractivity contribution in [2.45, 2.75) is 30.6 Å². The Morgan fingerprint density at radius 2 is 2.27 bits per heavy atom. The summed E-state index contributed by atoms with van der Waals surface area (Å²) in [5, 5.41) is 3.01. The molecule has 1 aliphatic heterocycles. The molecule has 3 rings (SSSR count). The van der Waals surface area contributed by atoms with Gasteiger partial charge in [-0.15, -0.1) is 6.42 Å². The van der Waals surface area contributed by atoms with Crippen LogP contribution in [0.15, 0.2) is 35.6 Å². The van der Waals surface area contributed by atoms with Crippen LogP contribution in [0.25, 0.3) is 0 Å². The summed E-state index contributed by atoms with van der Waals surface area (Å²) < 4.78 is 31.4. The number of aliphatic imine (C=N–C) groups is 1. The molecule has 0 unspecified atom stereocenters. The van der Waals surface area contributed by atoms with Crippen LogP contribution in [0, 0.1) is 18.2 Å². The third kappa shape index (κ3) is 4.52. The second kappa shape index (κ2) is 9.09. The van der Waals surface area contributed by atoms with Crippen molar-refractivity contribution in [3.05, 3.63) is 47.7 Å². The van der Waals surface area contributed by atoms with E-state index in [2.05, 4.69) is 30.9 Å². The summed E-state index contributed by atoms with van der Waals surface area (Å²) in [6.07, 6.45) is 9.25. The molecule has 30 heavy (non-hydrogen) atoms. The number of nitrogens with one attached hydrogen (secondary N) is 1. The molecule has 1 aliphatic rings. The fourth-order valence-electron chi connectivity index (χ4n) is 3.05. The van der Waals surface area contributed by atoms with Gasteiger partial charge in [0.2, 0.25) is 12.7 Å². The fraction of sp³-hybridized carbons (Fsp3) is 0.300. The Hall–Kier alpha value is -3.19. The van der Waals surface area contributed by atoms with Crippen LogP contribution in [0.3, 0.4) is 0 Å². The molecule has 0 radical (unpaired) electrons. The van der Waals surface area contributed by atoms with Crippen LogP contribution in [0.2, 0.25) is 0 Å². The number of thioether (sulfide) groups is 1. The lowest BCUT2D eigenvalue weighted by Crippen LogP contribution is -2.35. The van der Waals surface area contributed by atoms with E-state index in [4.69, 9.17) is 12.2 Å².